The highest BCUT2D eigenvalue weighted by atomic mass is 32.2. The molecule has 0 atom stereocenters. The fourth-order valence-electron chi connectivity index (χ4n) is 3.57. The average molecular weight is 382 g/mol. The number of piperazine rings is 1. The lowest BCUT2D eigenvalue weighted by Gasteiger charge is -2.37. The van der Waals surface area contributed by atoms with Gasteiger partial charge in [0.15, 0.2) is 0 Å². The van der Waals surface area contributed by atoms with Crippen LogP contribution in [0.5, 0.6) is 0 Å². The first-order valence-corrected chi connectivity index (χ1v) is 10.0. The summed E-state index contributed by atoms with van der Waals surface area (Å²) < 4.78 is 26.7. The lowest BCUT2D eigenvalue weighted by atomic mass is 9.97. The maximum Gasteiger partial charge on any atom is 0.270 e. The van der Waals surface area contributed by atoms with E-state index in [4.69, 9.17) is 5.73 Å². The van der Waals surface area contributed by atoms with Crippen LogP contribution in [-0.2, 0) is 14.8 Å². The predicted molar refractivity (Wildman–Crippen MR) is 93.8 cm³/mol. The predicted octanol–water partition coefficient (Wildman–Crippen LogP) is 0.699. The standard InChI is InChI=1S/C16H22N4O5S/c17-16(6-1-2-7-16)15(21)18-8-10-19(11-9-18)26(24,25)14-5-3-4-13(12-14)20(22)23/h3-5,12H,1-2,6-11,17H2. The summed E-state index contributed by atoms with van der Waals surface area (Å²) in [6, 6.07) is 4.99. The van der Waals surface area contributed by atoms with Crippen LogP contribution in [-0.4, -0.2) is 60.2 Å². The fraction of sp³-hybridized carbons (Fsp3) is 0.562. The monoisotopic (exact) mass is 382 g/mol. The van der Waals surface area contributed by atoms with E-state index in [0.717, 1.165) is 18.9 Å². The van der Waals surface area contributed by atoms with Gasteiger partial charge in [0.1, 0.15) is 0 Å². The molecule has 1 aliphatic heterocycles. The molecule has 1 heterocycles. The number of nitro groups is 1. The van der Waals surface area contributed by atoms with Gasteiger partial charge in [0, 0.05) is 38.3 Å². The molecule has 142 valence electrons. The molecule has 1 aliphatic carbocycles. The van der Waals surface area contributed by atoms with Gasteiger partial charge in [-0.1, -0.05) is 18.9 Å². The first kappa shape index (κ1) is 18.7. The summed E-state index contributed by atoms with van der Waals surface area (Å²) in [5, 5.41) is 10.9. The number of rotatable bonds is 4. The molecule has 2 N–H and O–H groups in total. The van der Waals surface area contributed by atoms with Gasteiger partial charge in [0.25, 0.3) is 5.69 Å². The molecule has 0 unspecified atom stereocenters. The molecule has 1 amide bonds. The van der Waals surface area contributed by atoms with Crippen molar-refractivity contribution in [1.82, 2.24) is 9.21 Å². The van der Waals surface area contributed by atoms with Crippen molar-refractivity contribution in [2.75, 3.05) is 26.2 Å². The molecule has 2 fully saturated rings. The van der Waals surface area contributed by atoms with Gasteiger partial charge in [-0.3, -0.25) is 14.9 Å². The summed E-state index contributed by atoms with van der Waals surface area (Å²) in [6.07, 6.45) is 3.20. The number of benzene rings is 1. The third-order valence-electron chi connectivity index (χ3n) is 5.11. The first-order valence-electron chi connectivity index (χ1n) is 8.57. The van der Waals surface area contributed by atoms with Crippen molar-refractivity contribution in [2.45, 2.75) is 36.1 Å². The second-order valence-corrected chi connectivity index (χ2v) is 8.75. The topological polar surface area (TPSA) is 127 Å². The molecule has 0 aromatic heterocycles. The Morgan fingerprint density at radius 2 is 1.77 bits per heavy atom. The van der Waals surface area contributed by atoms with Gasteiger partial charge in [-0.15, -0.1) is 0 Å². The number of carbonyl (C=O) groups excluding carboxylic acids is 1. The molecule has 0 bridgehead atoms. The van der Waals surface area contributed by atoms with E-state index in [0.29, 0.717) is 12.8 Å². The van der Waals surface area contributed by atoms with Crippen LogP contribution >= 0.6 is 0 Å². The summed E-state index contributed by atoms with van der Waals surface area (Å²) in [5.74, 6) is -0.109. The van der Waals surface area contributed by atoms with Crippen LogP contribution in [0.2, 0.25) is 0 Å². The zero-order chi connectivity index (χ0) is 18.9. The second-order valence-electron chi connectivity index (χ2n) is 6.81. The van der Waals surface area contributed by atoms with Crippen molar-refractivity contribution >= 4 is 21.6 Å². The van der Waals surface area contributed by atoms with E-state index in [1.807, 2.05) is 0 Å². The van der Waals surface area contributed by atoms with E-state index < -0.39 is 20.5 Å². The van der Waals surface area contributed by atoms with Crippen molar-refractivity contribution in [3.63, 3.8) is 0 Å². The van der Waals surface area contributed by atoms with E-state index in [-0.39, 0.29) is 42.7 Å². The third-order valence-corrected chi connectivity index (χ3v) is 7.01. The Balaban J connectivity index is 1.70. The van der Waals surface area contributed by atoms with E-state index >= 15 is 0 Å². The number of hydrogen-bond donors (Lipinski definition) is 1. The zero-order valence-corrected chi connectivity index (χ0v) is 15.2. The van der Waals surface area contributed by atoms with Crippen LogP contribution in [0.15, 0.2) is 29.2 Å². The van der Waals surface area contributed by atoms with Gasteiger partial charge in [-0.25, -0.2) is 8.42 Å². The third kappa shape index (κ3) is 3.44. The Morgan fingerprint density at radius 1 is 1.15 bits per heavy atom. The smallest absolute Gasteiger partial charge is 0.270 e. The number of nitrogens with two attached hydrogens (primary N) is 1. The highest BCUT2D eigenvalue weighted by molar-refractivity contribution is 7.89. The molecule has 1 saturated heterocycles. The van der Waals surface area contributed by atoms with Crippen molar-refractivity contribution in [3.8, 4) is 0 Å². The van der Waals surface area contributed by atoms with E-state index in [1.165, 1.54) is 22.5 Å². The summed E-state index contributed by atoms with van der Waals surface area (Å²) in [4.78, 5) is 24.4. The minimum absolute atomic E-state index is 0.109. The fourth-order valence-corrected chi connectivity index (χ4v) is 5.04. The van der Waals surface area contributed by atoms with Crippen LogP contribution in [0.4, 0.5) is 5.69 Å². The Labute approximate surface area is 152 Å². The Kier molecular flexibility index (Phi) is 5.00. The average Bonchev–Trinajstić information content (AvgIpc) is 3.09. The molecular weight excluding hydrogens is 360 g/mol. The first-order chi connectivity index (χ1) is 12.2. The maximum atomic E-state index is 12.7. The zero-order valence-electron chi connectivity index (χ0n) is 14.3. The minimum Gasteiger partial charge on any atom is -0.338 e. The number of non-ortho nitro benzene ring substituents is 1. The number of hydrogen-bond acceptors (Lipinski definition) is 6. The molecular formula is C16H22N4O5S. The van der Waals surface area contributed by atoms with Gasteiger partial charge in [0.05, 0.1) is 15.4 Å². The molecule has 1 aromatic carbocycles. The maximum absolute atomic E-state index is 12.7. The SMILES string of the molecule is NC1(C(=O)N2CCN(S(=O)(=O)c3cccc([N+](=O)[O-])c3)CC2)CCCC1. The number of sulfonamides is 1. The Bertz CT molecular complexity index is 812. The number of nitrogens with zero attached hydrogens (tertiary/aromatic N) is 3. The highest BCUT2D eigenvalue weighted by Crippen LogP contribution is 2.30. The quantitative estimate of drug-likeness (QED) is 0.603. The molecule has 2 aliphatic rings. The Morgan fingerprint density at radius 3 is 2.35 bits per heavy atom. The van der Waals surface area contributed by atoms with E-state index in [1.54, 1.807) is 4.90 Å². The van der Waals surface area contributed by atoms with Crippen LogP contribution in [0.25, 0.3) is 0 Å². The van der Waals surface area contributed by atoms with Crippen molar-refractivity contribution < 1.29 is 18.1 Å². The molecule has 10 heteroatoms. The van der Waals surface area contributed by atoms with E-state index in [2.05, 4.69) is 0 Å². The van der Waals surface area contributed by atoms with E-state index in [9.17, 15) is 23.3 Å². The molecule has 3 rings (SSSR count). The summed E-state index contributed by atoms with van der Waals surface area (Å²) >= 11 is 0. The van der Waals surface area contributed by atoms with Gasteiger partial charge < -0.3 is 10.6 Å². The molecule has 1 saturated carbocycles. The lowest BCUT2D eigenvalue weighted by Crippen LogP contribution is -2.59. The van der Waals surface area contributed by atoms with Gasteiger partial charge >= 0.3 is 0 Å². The van der Waals surface area contributed by atoms with Gasteiger partial charge in [0.2, 0.25) is 15.9 Å². The summed E-state index contributed by atoms with van der Waals surface area (Å²) in [7, 11) is -3.84. The molecule has 9 nitrogen and oxygen atoms in total. The van der Waals surface area contributed by atoms with Crippen LogP contribution in [0.1, 0.15) is 25.7 Å². The molecule has 1 aromatic rings. The minimum atomic E-state index is -3.84. The van der Waals surface area contributed by atoms with Gasteiger partial charge in [-0.2, -0.15) is 4.31 Å². The van der Waals surface area contributed by atoms with Crippen molar-refractivity contribution in [1.29, 1.82) is 0 Å². The van der Waals surface area contributed by atoms with Crippen molar-refractivity contribution in [2.24, 2.45) is 5.73 Å². The normalized spacial score (nSPS) is 20.9. The number of carbonyl (C=O) groups is 1. The highest BCUT2D eigenvalue weighted by Gasteiger charge is 2.41. The number of nitro benzene ring substituents is 1. The van der Waals surface area contributed by atoms with Crippen LogP contribution in [0, 0.1) is 10.1 Å². The van der Waals surface area contributed by atoms with Crippen LogP contribution in [0.3, 0.4) is 0 Å². The van der Waals surface area contributed by atoms with Crippen LogP contribution < -0.4 is 5.73 Å². The molecule has 26 heavy (non-hydrogen) atoms. The summed E-state index contributed by atoms with van der Waals surface area (Å²) in [6.45, 7) is 0.831. The molecule has 0 spiro atoms. The lowest BCUT2D eigenvalue weighted by molar-refractivity contribution is -0.385. The van der Waals surface area contributed by atoms with Gasteiger partial charge in [-0.05, 0) is 18.9 Å². The number of amides is 1. The van der Waals surface area contributed by atoms with Crippen molar-refractivity contribution in [3.05, 3.63) is 34.4 Å². The molecule has 0 radical (unpaired) electrons. The largest absolute Gasteiger partial charge is 0.338 e. The summed E-state index contributed by atoms with van der Waals surface area (Å²) in [5.41, 5.74) is 5.11. The second kappa shape index (κ2) is 6.93. The Hall–Kier alpha value is -2.04.